The third kappa shape index (κ3) is 3.29. The van der Waals surface area contributed by atoms with Gasteiger partial charge in [-0.1, -0.05) is 30.3 Å². The van der Waals surface area contributed by atoms with E-state index in [1.165, 1.54) is 33.2 Å². The molecule has 3 aromatic rings. The maximum Gasteiger partial charge on any atom is 0.230 e. The number of likely N-dealkylation sites (tertiary alicyclic amines) is 1. The van der Waals surface area contributed by atoms with Gasteiger partial charge in [-0.3, -0.25) is 9.69 Å². The summed E-state index contributed by atoms with van der Waals surface area (Å²) in [5, 5.41) is 1.32. The Morgan fingerprint density at radius 1 is 1.18 bits per heavy atom. The predicted octanol–water partition coefficient (Wildman–Crippen LogP) is 4.63. The second-order valence-electron chi connectivity index (χ2n) is 9.94. The van der Waals surface area contributed by atoms with Crippen LogP contribution in [0.25, 0.3) is 16.5 Å². The van der Waals surface area contributed by atoms with Crippen LogP contribution in [0.3, 0.4) is 0 Å². The fourth-order valence-electron chi connectivity index (χ4n) is 6.17. The number of carbonyl (C=O) groups is 1. The number of nitrogens with one attached hydrogen (secondary N) is 1. The molecule has 6 rings (SSSR count). The quantitative estimate of drug-likeness (QED) is 0.642. The monoisotopic (exact) mass is 441 g/mol. The SMILES string of the molecule is COc1cccc(CN2C[C@H](C(=O)N3CCCC3)C=C3c4cccc5[nH]cc(c45)C[C@]32C)c1. The van der Waals surface area contributed by atoms with E-state index >= 15 is 0 Å². The molecule has 170 valence electrons. The van der Waals surface area contributed by atoms with Gasteiger partial charge in [0.25, 0.3) is 0 Å². The van der Waals surface area contributed by atoms with Crippen LogP contribution in [0.1, 0.15) is 36.5 Å². The van der Waals surface area contributed by atoms with Crippen LogP contribution >= 0.6 is 0 Å². The zero-order chi connectivity index (χ0) is 22.6. The predicted molar refractivity (Wildman–Crippen MR) is 131 cm³/mol. The van der Waals surface area contributed by atoms with Crippen LogP contribution in [-0.4, -0.2) is 53.0 Å². The van der Waals surface area contributed by atoms with E-state index in [9.17, 15) is 4.79 Å². The Balaban J connectivity index is 1.45. The van der Waals surface area contributed by atoms with Gasteiger partial charge in [0.15, 0.2) is 0 Å². The third-order valence-electron chi connectivity index (χ3n) is 7.92. The van der Waals surface area contributed by atoms with Crippen LogP contribution < -0.4 is 4.74 Å². The highest BCUT2D eigenvalue weighted by Gasteiger charge is 2.46. The summed E-state index contributed by atoms with van der Waals surface area (Å²) in [6.07, 6.45) is 7.64. The smallest absolute Gasteiger partial charge is 0.230 e. The maximum absolute atomic E-state index is 13.5. The molecule has 5 nitrogen and oxygen atoms in total. The molecule has 33 heavy (non-hydrogen) atoms. The highest BCUT2D eigenvalue weighted by Crippen LogP contribution is 2.48. The Morgan fingerprint density at radius 3 is 2.82 bits per heavy atom. The van der Waals surface area contributed by atoms with E-state index < -0.39 is 0 Å². The average Bonchev–Trinajstić information content (AvgIpc) is 3.51. The first-order chi connectivity index (χ1) is 16.1. The molecule has 3 heterocycles. The zero-order valence-corrected chi connectivity index (χ0v) is 19.4. The van der Waals surface area contributed by atoms with Gasteiger partial charge >= 0.3 is 0 Å². The highest BCUT2D eigenvalue weighted by molar-refractivity contribution is 6.00. The van der Waals surface area contributed by atoms with Gasteiger partial charge in [-0.15, -0.1) is 0 Å². The lowest BCUT2D eigenvalue weighted by atomic mass is 9.70. The summed E-state index contributed by atoms with van der Waals surface area (Å²) in [5.74, 6) is 1.04. The number of fused-ring (bicyclic) bond motifs is 2. The second kappa shape index (κ2) is 7.77. The summed E-state index contributed by atoms with van der Waals surface area (Å²) in [6.45, 7) is 5.66. The van der Waals surface area contributed by atoms with Gasteiger partial charge in [-0.25, -0.2) is 0 Å². The van der Waals surface area contributed by atoms with Crippen molar-refractivity contribution in [2.75, 3.05) is 26.7 Å². The van der Waals surface area contributed by atoms with Crippen LogP contribution in [0.2, 0.25) is 0 Å². The summed E-state index contributed by atoms with van der Waals surface area (Å²) in [4.78, 5) is 21.6. The lowest BCUT2D eigenvalue weighted by Crippen LogP contribution is -2.55. The fourth-order valence-corrected chi connectivity index (χ4v) is 6.17. The number of carbonyl (C=O) groups excluding carboxylic acids is 1. The molecule has 1 N–H and O–H groups in total. The number of amides is 1. The van der Waals surface area contributed by atoms with E-state index in [1.807, 2.05) is 6.07 Å². The molecule has 0 radical (unpaired) electrons. The Kier molecular flexibility index (Phi) is 4.84. The number of rotatable bonds is 4. The molecule has 5 heteroatoms. The molecule has 1 fully saturated rings. The lowest BCUT2D eigenvalue weighted by Gasteiger charge is -2.50. The van der Waals surface area contributed by atoms with E-state index in [0.717, 1.165) is 51.2 Å². The van der Waals surface area contributed by atoms with Crippen LogP contribution in [0.5, 0.6) is 5.75 Å². The number of aromatic nitrogens is 1. The van der Waals surface area contributed by atoms with Crippen LogP contribution in [-0.2, 0) is 17.8 Å². The molecule has 0 saturated carbocycles. The number of aromatic amines is 1. The molecule has 3 aliphatic rings. The molecule has 1 aromatic heterocycles. The van der Waals surface area contributed by atoms with E-state index in [1.54, 1.807) is 7.11 Å². The standard InChI is InChI=1S/C28H31N3O2/c1-28-15-21-16-29-25-10-6-9-23(26(21)25)24(28)14-20(27(32)30-11-3-4-12-30)18-31(28)17-19-7-5-8-22(13-19)33-2/h5-10,13-14,16,20,29H,3-4,11-12,15,17-18H2,1-2H3/t20-,28-/m1/s1. The normalized spacial score (nSPS) is 24.6. The Bertz CT molecular complexity index is 1250. The Labute approximate surface area is 195 Å². The van der Waals surface area contributed by atoms with Gasteiger partial charge in [0.2, 0.25) is 5.91 Å². The van der Waals surface area contributed by atoms with Crippen molar-refractivity contribution >= 4 is 22.4 Å². The molecule has 1 saturated heterocycles. The molecule has 0 bridgehead atoms. The zero-order valence-electron chi connectivity index (χ0n) is 19.4. The summed E-state index contributed by atoms with van der Waals surface area (Å²) in [6, 6.07) is 14.8. The number of hydrogen-bond donors (Lipinski definition) is 1. The van der Waals surface area contributed by atoms with Crippen molar-refractivity contribution in [3.63, 3.8) is 0 Å². The van der Waals surface area contributed by atoms with E-state index in [-0.39, 0.29) is 17.4 Å². The van der Waals surface area contributed by atoms with Crippen molar-refractivity contribution in [2.45, 2.75) is 38.3 Å². The molecule has 0 spiro atoms. The number of benzene rings is 2. The van der Waals surface area contributed by atoms with E-state index in [4.69, 9.17) is 4.74 Å². The lowest BCUT2D eigenvalue weighted by molar-refractivity contribution is -0.134. The number of ether oxygens (including phenoxy) is 1. The summed E-state index contributed by atoms with van der Waals surface area (Å²) >= 11 is 0. The molecule has 2 aromatic carbocycles. The topological polar surface area (TPSA) is 48.6 Å². The summed E-state index contributed by atoms with van der Waals surface area (Å²) in [5.41, 5.74) is 6.15. The minimum absolute atomic E-state index is 0.118. The van der Waals surface area contributed by atoms with Crippen LogP contribution in [0.4, 0.5) is 0 Å². The second-order valence-corrected chi connectivity index (χ2v) is 9.94. The van der Waals surface area contributed by atoms with Gasteiger partial charge in [-0.2, -0.15) is 0 Å². The first-order valence-corrected chi connectivity index (χ1v) is 12.1. The van der Waals surface area contributed by atoms with E-state index in [0.29, 0.717) is 0 Å². The van der Waals surface area contributed by atoms with Crippen LogP contribution in [0.15, 0.2) is 54.7 Å². The number of nitrogens with zero attached hydrogens (tertiary/aromatic N) is 2. The number of hydrogen-bond acceptors (Lipinski definition) is 3. The Morgan fingerprint density at radius 2 is 2.00 bits per heavy atom. The first-order valence-electron chi connectivity index (χ1n) is 12.1. The van der Waals surface area contributed by atoms with Crippen molar-refractivity contribution < 1.29 is 9.53 Å². The van der Waals surface area contributed by atoms with Crippen molar-refractivity contribution in [3.05, 3.63) is 71.4 Å². The molecule has 1 aliphatic carbocycles. The fraction of sp³-hybridized carbons (Fsp3) is 0.393. The number of methoxy groups -OCH3 is 1. The van der Waals surface area contributed by atoms with Gasteiger partial charge in [0, 0.05) is 48.8 Å². The van der Waals surface area contributed by atoms with Crippen molar-refractivity contribution in [2.24, 2.45) is 5.92 Å². The van der Waals surface area contributed by atoms with Gasteiger partial charge in [-0.05, 0) is 66.6 Å². The van der Waals surface area contributed by atoms with Gasteiger partial charge in [0.05, 0.1) is 13.0 Å². The summed E-state index contributed by atoms with van der Waals surface area (Å²) in [7, 11) is 1.71. The van der Waals surface area contributed by atoms with Crippen molar-refractivity contribution in [1.82, 2.24) is 14.8 Å². The number of H-pyrrole nitrogens is 1. The third-order valence-corrected chi connectivity index (χ3v) is 7.92. The van der Waals surface area contributed by atoms with Gasteiger partial charge < -0.3 is 14.6 Å². The van der Waals surface area contributed by atoms with Gasteiger partial charge in [0.1, 0.15) is 5.75 Å². The molecular formula is C28H31N3O2. The molecule has 2 atom stereocenters. The molecule has 2 aliphatic heterocycles. The molecule has 1 amide bonds. The highest BCUT2D eigenvalue weighted by atomic mass is 16.5. The minimum Gasteiger partial charge on any atom is -0.497 e. The van der Waals surface area contributed by atoms with Crippen molar-refractivity contribution in [1.29, 1.82) is 0 Å². The average molecular weight is 442 g/mol. The molecule has 0 unspecified atom stereocenters. The maximum atomic E-state index is 13.5. The van der Waals surface area contributed by atoms with E-state index in [2.05, 4.69) is 70.4 Å². The largest absolute Gasteiger partial charge is 0.497 e. The minimum atomic E-state index is -0.172. The molecular weight excluding hydrogens is 410 g/mol. The van der Waals surface area contributed by atoms with Crippen molar-refractivity contribution in [3.8, 4) is 5.75 Å². The van der Waals surface area contributed by atoms with Crippen LogP contribution in [0, 0.1) is 5.92 Å². The summed E-state index contributed by atoms with van der Waals surface area (Å²) < 4.78 is 5.48. The first kappa shape index (κ1) is 20.5. The Hall–Kier alpha value is -3.05.